The maximum atomic E-state index is 11.8. The van der Waals surface area contributed by atoms with Crippen LogP contribution in [0.4, 0.5) is 0 Å². The average molecular weight is 272 g/mol. The van der Waals surface area contributed by atoms with Crippen LogP contribution in [0.1, 0.15) is 15.9 Å². The van der Waals surface area contributed by atoms with Gasteiger partial charge in [0.1, 0.15) is 0 Å². The summed E-state index contributed by atoms with van der Waals surface area (Å²) in [7, 11) is 0. The van der Waals surface area contributed by atoms with Gasteiger partial charge in [-0.15, -0.1) is 0 Å². The molecule has 2 N–H and O–H groups in total. The summed E-state index contributed by atoms with van der Waals surface area (Å²) in [5.41, 5.74) is 1.86. The Labute approximate surface area is 119 Å². The molecule has 0 bridgehead atoms. The van der Waals surface area contributed by atoms with Crippen LogP contribution in [0.5, 0.6) is 0 Å². The van der Waals surface area contributed by atoms with Gasteiger partial charge in [-0.25, -0.2) is 0 Å². The highest BCUT2D eigenvalue weighted by Crippen LogP contribution is 2.02. The molecule has 20 heavy (non-hydrogen) atoms. The SMILES string of the molecule is Cc1ccc(C(=O)NCCNCCn2cccn2)cc1. The number of hydrogen-bond acceptors (Lipinski definition) is 3. The van der Waals surface area contributed by atoms with Crippen LogP contribution in [0.15, 0.2) is 42.7 Å². The van der Waals surface area contributed by atoms with Gasteiger partial charge in [-0.2, -0.15) is 5.10 Å². The monoisotopic (exact) mass is 272 g/mol. The Morgan fingerprint density at radius 2 is 2.00 bits per heavy atom. The van der Waals surface area contributed by atoms with Crippen molar-refractivity contribution in [2.24, 2.45) is 0 Å². The zero-order valence-electron chi connectivity index (χ0n) is 11.7. The highest BCUT2D eigenvalue weighted by molar-refractivity contribution is 5.94. The normalized spacial score (nSPS) is 10.4. The topological polar surface area (TPSA) is 59.0 Å². The standard InChI is InChI=1S/C15H20N4O/c1-13-3-5-14(6-4-13)15(20)17-9-8-16-10-12-19-11-2-7-18-19/h2-7,11,16H,8-10,12H2,1H3,(H,17,20). The number of nitrogens with zero attached hydrogens (tertiary/aromatic N) is 2. The van der Waals surface area contributed by atoms with Gasteiger partial charge in [0.2, 0.25) is 0 Å². The number of amides is 1. The summed E-state index contributed by atoms with van der Waals surface area (Å²) in [6, 6.07) is 9.47. The van der Waals surface area contributed by atoms with Gasteiger partial charge in [-0.1, -0.05) is 17.7 Å². The molecular weight excluding hydrogens is 252 g/mol. The smallest absolute Gasteiger partial charge is 0.251 e. The van der Waals surface area contributed by atoms with Crippen molar-refractivity contribution in [1.82, 2.24) is 20.4 Å². The molecule has 1 aromatic carbocycles. The first-order chi connectivity index (χ1) is 9.75. The third-order valence-corrected chi connectivity index (χ3v) is 2.98. The fourth-order valence-electron chi connectivity index (χ4n) is 1.82. The van der Waals surface area contributed by atoms with E-state index in [1.807, 2.05) is 48.1 Å². The van der Waals surface area contributed by atoms with Crippen LogP contribution in [0, 0.1) is 6.92 Å². The zero-order chi connectivity index (χ0) is 14.2. The lowest BCUT2D eigenvalue weighted by Crippen LogP contribution is -2.33. The summed E-state index contributed by atoms with van der Waals surface area (Å²) in [6.45, 7) is 5.04. The highest BCUT2D eigenvalue weighted by atomic mass is 16.1. The quantitative estimate of drug-likeness (QED) is 0.745. The van der Waals surface area contributed by atoms with Gasteiger partial charge in [0.15, 0.2) is 0 Å². The Morgan fingerprint density at radius 1 is 1.20 bits per heavy atom. The Balaban J connectivity index is 1.58. The number of carbonyl (C=O) groups is 1. The van der Waals surface area contributed by atoms with E-state index >= 15 is 0 Å². The molecule has 2 rings (SSSR count). The largest absolute Gasteiger partial charge is 0.351 e. The van der Waals surface area contributed by atoms with E-state index < -0.39 is 0 Å². The molecule has 0 saturated heterocycles. The maximum absolute atomic E-state index is 11.8. The van der Waals surface area contributed by atoms with Gasteiger partial charge in [-0.05, 0) is 25.1 Å². The first-order valence-corrected chi connectivity index (χ1v) is 6.79. The van der Waals surface area contributed by atoms with E-state index in [-0.39, 0.29) is 5.91 Å². The predicted molar refractivity (Wildman–Crippen MR) is 78.6 cm³/mol. The number of rotatable bonds is 7. The summed E-state index contributed by atoms with van der Waals surface area (Å²) in [6.07, 6.45) is 3.70. The average Bonchev–Trinajstić information content (AvgIpc) is 2.96. The van der Waals surface area contributed by atoms with Crippen molar-refractivity contribution < 1.29 is 4.79 Å². The molecule has 0 aliphatic heterocycles. The first kappa shape index (κ1) is 14.3. The molecule has 1 aromatic heterocycles. The molecule has 1 heterocycles. The molecule has 0 fully saturated rings. The van der Waals surface area contributed by atoms with E-state index in [2.05, 4.69) is 15.7 Å². The summed E-state index contributed by atoms with van der Waals surface area (Å²) in [5.74, 6) is -0.0288. The first-order valence-electron chi connectivity index (χ1n) is 6.79. The third kappa shape index (κ3) is 4.51. The van der Waals surface area contributed by atoms with Gasteiger partial charge in [0.05, 0.1) is 6.54 Å². The second-order valence-electron chi connectivity index (χ2n) is 4.64. The zero-order valence-corrected chi connectivity index (χ0v) is 11.7. The second-order valence-corrected chi connectivity index (χ2v) is 4.64. The molecule has 2 aromatic rings. The van der Waals surface area contributed by atoms with Crippen LogP contribution >= 0.6 is 0 Å². The van der Waals surface area contributed by atoms with Gasteiger partial charge in [0.25, 0.3) is 5.91 Å². The number of nitrogens with one attached hydrogen (secondary N) is 2. The van der Waals surface area contributed by atoms with E-state index in [1.165, 1.54) is 0 Å². The second kappa shape index (κ2) is 7.45. The minimum absolute atomic E-state index is 0.0288. The summed E-state index contributed by atoms with van der Waals surface area (Å²) >= 11 is 0. The van der Waals surface area contributed by atoms with Crippen molar-refractivity contribution in [2.75, 3.05) is 19.6 Å². The van der Waals surface area contributed by atoms with Crippen molar-refractivity contribution in [3.8, 4) is 0 Å². The molecular formula is C15H20N4O. The van der Waals surface area contributed by atoms with Crippen molar-refractivity contribution in [3.05, 3.63) is 53.9 Å². The molecule has 0 unspecified atom stereocenters. The van der Waals surface area contributed by atoms with Crippen molar-refractivity contribution in [2.45, 2.75) is 13.5 Å². The summed E-state index contributed by atoms with van der Waals surface area (Å²) in [4.78, 5) is 11.8. The van der Waals surface area contributed by atoms with Crippen LogP contribution in [0.2, 0.25) is 0 Å². The van der Waals surface area contributed by atoms with Crippen molar-refractivity contribution in [3.63, 3.8) is 0 Å². The number of benzene rings is 1. The molecule has 0 spiro atoms. The molecule has 106 valence electrons. The molecule has 1 amide bonds. The number of hydrogen-bond donors (Lipinski definition) is 2. The number of aromatic nitrogens is 2. The predicted octanol–water partition coefficient (Wildman–Crippen LogP) is 1.21. The molecule has 0 saturated carbocycles. The minimum Gasteiger partial charge on any atom is -0.351 e. The molecule has 0 aliphatic rings. The van der Waals surface area contributed by atoms with Gasteiger partial charge in [0, 0.05) is 37.6 Å². The van der Waals surface area contributed by atoms with Crippen molar-refractivity contribution >= 4 is 5.91 Å². The fraction of sp³-hybridized carbons (Fsp3) is 0.333. The lowest BCUT2D eigenvalue weighted by molar-refractivity contribution is 0.0954. The van der Waals surface area contributed by atoms with E-state index in [4.69, 9.17) is 0 Å². The van der Waals surface area contributed by atoms with E-state index in [9.17, 15) is 4.79 Å². The van der Waals surface area contributed by atoms with E-state index in [1.54, 1.807) is 6.20 Å². The Morgan fingerprint density at radius 3 is 2.70 bits per heavy atom. The lowest BCUT2D eigenvalue weighted by atomic mass is 10.1. The maximum Gasteiger partial charge on any atom is 0.251 e. The van der Waals surface area contributed by atoms with Crippen LogP contribution in [-0.2, 0) is 6.54 Å². The van der Waals surface area contributed by atoms with Crippen LogP contribution in [0.3, 0.4) is 0 Å². The van der Waals surface area contributed by atoms with Gasteiger partial charge >= 0.3 is 0 Å². The van der Waals surface area contributed by atoms with Gasteiger partial charge in [-0.3, -0.25) is 9.48 Å². The molecule has 0 atom stereocenters. The van der Waals surface area contributed by atoms with Gasteiger partial charge < -0.3 is 10.6 Å². The summed E-state index contributed by atoms with van der Waals surface area (Å²) < 4.78 is 1.87. The Kier molecular flexibility index (Phi) is 5.32. The molecule has 0 radical (unpaired) electrons. The Hall–Kier alpha value is -2.14. The van der Waals surface area contributed by atoms with Crippen molar-refractivity contribution in [1.29, 1.82) is 0 Å². The number of carbonyl (C=O) groups excluding carboxylic acids is 1. The molecule has 5 heteroatoms. The van der Waals surface area contributed by atoms with Crippen LogP contribution < -0.4 is 10.6 Å². The Bertz CT molecular complexity index is 519. The molecule has 0 aliphatic carbocycles. The third-order valence-electron chi connectivity index (χ3n) is 2.98. The highest BCUT2D eigenvalue weighted by Gasteiger charge is 2.03. The van der Waals surface area contributed by atoms with E-state index in [0.29, 0.717) is 12.1 Å². The molecule has 5 nitrogen and oxygen atoms in total. The van der Waals surface area contributed by atoms with Crippen LogP contribution in [-0.4, -0.2) is 35.3 Å². The van der Waals surface area contributed by atoms with Crippen LogP contribution in [0.25, 0.3) is 0 Å². The minimum atomic E-state index is -0.0288. The van der Waals surface area contributed by atoms with E-state index in [0.717, 1.165) is 25.2 Å². The summed E-state index contributed by atoms with van der Waals surface area (Å²) in [5, 5.41) is 10.3. The lowest BCUT2D eigenvalue weighted by Gasteiger charge is -2.07. The number of aryl methyl sites for hydroxylation is 1. The fourth-order valence-corrected chi connectivity index (χ4v) is 1.82.